The first-order chi connectivity index (χ1) is 9.55. The Hall–Kier alpha value is -2.01. The molecule has 2 aliphatic heterocycles. The number of rotatable bonds is 1. The highest BCUT2D eigenvalue weighted by molar-refractivity contribution is 7.10. The Labute approximate surface area is 121 Å². The van der Waals surface area contributed by atoms with E-state index >= 15 is 0 Å². The van der Waals surface area contributed by atoms with E-state index in [1.54, 1.807) is 11.3 Å². The molecule has 2 aromatic rings. The summed E-state index contributed by atoms with van der Waals surface area (Å²) in [5, 5.41) is 12.0. The quantitative estimate of drug-likeness (QED) is 0.751. The largest absolute Gasteiger partial charge is 0.359 e. The minimum atomic E-state index is -0.465. The molecule has 102 valence electrons. The van der Waals surface area contributed by atoms with Crippen molar-refractivity contribution in [2.45, 2.75) is 25.4 Å². The fourth-order valence-electron chi connectivity index (χ4n) is 2.80. The standard InChI is InChI=1S/C15H15N3OS/c1-15(2)8-6-10-11(7-9(8)18-14(15)19)17-13(16-10)12-4-3-5-20-12/h3-7,13,16-17H,1-2H3,(H,18,19). The molecule has 4 rings (SSSR count). The third-order valence-corrected chi connectivity index (χ3v) is 5.01. The Balaban J connectivity index is 1.74. The fourth-order valence-corrected chi connectivity index (χ4v) is 3.53. The minimum Gasteiger partial charge on any atom is -0.359 e. The maximum atomic E-state index is 12.0. The third-order valence-electron chi connectivity index (χ3n) is 4.07. The first-order valence-electron chi connectivity index (χ1n) is 6.62. The lowest BCUT2D eigenvalue weighted by Gasteiger charge is -2.15. The number of nitrogens with one attached hydrogen (secondary N) is 3. The molecule has 0 radical (unpaired) electrons. The molecule has 3 heterocycles. The van der Waals surface area contributed by atoms with Crippen molar-refractivity contribution in [2.75, 3.05) is 16.0 Å². The Morgan fingerprint density at radius 1 is 1.15 bits per heavy atom. The molecule has 0 fully saturated rings. The number of hydrogen-bond donors (Lipinski definition) is 3. The highest BCUT2D eigenvalue weighted by Gasteiger charge is 2.39. The maximum Gasteiger partial charge on any atom is 0.234 e. The van der Waals surface area contributed by atoms with Gasteiger partial charge in [-0.3, -0.25) is 4.79 Å². The Kier molecular flexibility index (Phi) is 2.22. The van der Waals surface area contributed by atoms with Crippen LogP contribution in [0.25, 0.3) is 0 Å². The Morgan fingerprint density at radius 3 is 2.60 bits per heavy atom. The van der Waals surface area contributed by atoms with Gasteiger partial charge in [-0.15, -0.1) is 11.3 Å². The molecule has 1 aromatic heterocycles. The summed E-state index contributed by atoms with van der Waals surface area (Å²) in [6, 6.07) is 8.28. The molecule has 20 heavy (non-hydrogen) atoms. The van der Waals surface area contributed by atoms with E-state index in [1.165, 1.54) is 4.88 Å². The molecule has 2 aliphatic rings. The van der Waals surface area contributed by atoms with E-state index in [-0.39, 0.29) is 12.1 Å². The summed E-state index contributed by atoms with van der Waals surface area (Å²) in [6.45, 7) is 3.92. The second-order valence-electron chi connectivity index (χ2n) is 5.76. The van der Waals surface area contributed by atoms with Crippen molar-refractivity contribution in [3.63, 3.8) is 0 Å². The second kappa shape index (κ2) is 3.76. The van der Waals surface area contributed by atoms with Crippen molar-refractivity contribution >= 4 is 34.3 Å². The van der Waals surface area contributed by atoms with Gasteiger partial charge in [0.05, 0.1) is 16.8 Å². The van der Waals surface area contributed by atoms with Gasteiger partial charge >= 0.3 is 0 Å². The lowest BCUT2D eigenvalue weighted by Crippen LogP contribution is -2.26. The summed E-state index contributed by atoms with van der Waals surface area (Å²) >= 11 is 1.72. The van der Waals surface area contributed by atoms with Gasteiger partial charge in [-0.05, 0) is 43.0 Å². The number of benzene rings is 1. The zero-order valence-corrected chi connectivity index (χ0v) is 12.1. The third kappa shape index (κ3) is 1.50. The molecule has 3 N–H and O–H groups in total. The summed E-state index contributed by atoms with van der Waals surface area (Å²) in [5.74, 6) is 0.0611. The van der Waals surface area contributed by atoms with E-state index in [0.717, 1.165) is 22.6 Å². The summed E-state index contributed by atoms with van der Waals surface area (Å²) < 4.78 is 0. The molecule has 0 saturated heterocycles. The number of thiophene rings is 1. The molecule has 1 amide bonds. The molecular weight excluding hydrogens is 270 g/mol. The van der Waals surface area contributed by atoms with Gasteiger partial charge < -0.3 is 16.0 Å². The van der Waals surface area contributed by atoms with Crippen molar-refractivity contribution in [3.8, 4) is 0 Å². The minimum absolute atomic E-state index is 0.0611. The Bertz CT molecular complexity index is 706. The fraction of sp³-hybridized carbons (Fsp3) is 0.267. The van der Waals surface area contributed by atoms with Crippen LogP contribution in [0.3, 0.4) is 0 Å². The van der Waals surface area contributed by atoms with Gasteiger partial charge in [0, 0.05) is 10.6 Å². The molecular formula is C15H15N3OS. The van der Waals surface area contributed by atoms with E-state index in [9.17, 15) is 4.79 Å². The van der Waals surface area contributed by atoms with Crippen LogP contribution in [0.1, 0.15) is 30.5 Å². The lowest BCUT2D eigenvalue weighted by molar-refractivity contribution is -0.119. The summed E-state index contributed by atoms with van der Waals surface area (Å²) in [4.78, 5) is 13.2. The van der Waals surface area contributed by atoms with Crippen LogP contribution in [-0.4, -0.2) is 5.91 Å². The Morgan fingerprint density at radius 2 is 1.90 bits per heavy atom. The van der Waals surface area contributed by atoms with Crippen molar-refractivity contribution < 1.29 is 4.79 Å². The normalized spacial score (nSPS) is 21.7. The van der Waals surface area contributed by atoms with Gasteiger partial charge in [-0.1, -0.05) is 6.07 Å². The predicted octanol–water partition coefficient (Wildman–Crippen LogP) is 3.51. The van der Waals surface area contributed by atoms with Crippen molar-refractivity contribution in [1.82, 2.24) is 0 Å². The monoisotopic (exact) mass is 285 g/mol. The van der Waals surface area contributed by atoms with Crippen LogP contribution in [0, 0.1) is 0 Å². The van der Waals surface area contributed by atoms with Gasteiger partial charge in [0.1, 0.15) is 6.17 Å². The summed E-state index contributed by atoms with van der Waals surface area (Å²) in [6.07, 6.45) is 0.117. The molecule has 0 aliphatic carbocycles. The van der Waals surface area contributed by atoms with Gasteiger partial charge in [-0.2, -0.15) is 0 Å². The van der Waals surface area contributed by atoms with Gasteiger partial charge in [0.2, 0.25) is 5.91 Å². The lowest BCUT2D eigenvalue weighted by atomic mass is 9.86. The first-order valence-corrected chi connectivity index (χ1v) is 7.50. The molecule has 0 bridgehead atoms. The smallest absolute Gasteiger partial charge is 0.234 e. The van der Waals surface area contributed by atoms with E-state index < -0.39 is 5.41 Å². The van der Waals surface area contributed by atoms with Crippen molar-refractivity contribution in [1.29, 1.82) is 0 Å². The van der Waals surface area contributed by atoms with Crippen LogP contribution >= 0.6 is 11.3 Å². The molecule has 4 nitrogen and oxygen atoms in total. The zero-order valence-electron chi connectivity index (χ0n) is 11.3. The van der Waals surface area contributed by atoms with Crippen LogP contribution in [0.15, 0.2) is 29.6 Å². The van der Waals surface area contributed by atoms with Crippen LogP contribution in [0.4, 0.5) is 17.1 Å². The SMILES string of the molecule is CC1(C)C(=O)Nc2cc3c(cc21)NC(c1cccs1)N3. The number of amides is 1. The number of carbonyl (C=O) groups is 1. The van der Waals surface area contributed by atoms with Crippen LogP contribution in [-0.2, 0) is 10.2 Å². The number of anilines is 3. The van der Waals surface area contributed by atoms with Crippen LogP contribution < -0.4 is 16.0 Å². The maximum absolute atomic E-state index is 12.0. The molecule has 1 aromatic carbocycles. The number of hydrogen-bond acceptors (Lipinski definition) is 4. The van der Waals surface area contributed by atoms with Crippen molar-refractivity contribution in [2.24, 2.45) is 0 Å². The molecule has 0 spiro atoms. The molecule has 0 saturated carbocycles. The van der Waals surface area contributed by atoms with Crippen molar-refractivity contribution in [3.05, 3.63) is 40.1 Å². The number of fused-ring (bicyclic) bond motifs is 2. The topological polar surface area (TPSA) is 53.2 Å². The summed E-state index contributed by atoms with van der Waals surface area (Å²) in [7, 11) is 0. The second-order valence-corrected chi connectivity index (χ2v) is 6.74. The van der Waals surface area contributed by atoms with Gasteiger partial charge in [0.15, 0.2) is 0 Å². The van der Waals surface area contributed by atoms with E-state index in [4.69, 9.17) is 0 Å². The predicted molar refractivity (Wildman–Crippen MR) is 82.4 cm³/mol. The van der Waals surface area contributed by atoms with Gasteiger partial charge in [-0.25, -0.2) is 0 Å². The first kappa shape index (κ1) is 11.8. The zero-order chi connectivity index (χ0) is 13.9. The average Bonchev–Trinajstić information content (AvgIpc) is 3.08. The molecule has 5 heteroatoms. The summed E-state index contributed by atoms with van der Waals surface area (Å²) in [5.41, 5.74) is 3.61. The van der Waals surface area contributed by atoms with Gasteiger partial charge in [0.25, 0.3) is 0 Å². The van der Waals surface area contributed by atoms with Crippen LogP contribution in [0.2, 0.25) is 0 Å². The molecule has 1 atom stereocenters. The van der Waals surface area contributed by atoms with E-state index in [1.807, 2.05) is 19.9 Å². The average molecular weight is 285 g/mol. The molecule has 1 unspecified atom stereocenters. The highest BCUT2D eigenvalue weighted by atomic mass is 32.1. The van der Waals surface area contributed by atoms with E-state index in [2.05, 4.69) is 39.5 Å². The number of carbonyl (C=O) groups excluding carboxylic acids is 1. The van der Waals surface area contributed by atoms with E-state index in [0.29, 0.717) is 0 Å². The highest BCUT2D eigenvalue weighted by Crippen LogP contribution is 2.45. The van der Waals surface area contributed by atoms with Crippen LogP contribution in [0.5, 0.6) is 0 Å².